The van der Waals surface area contributed by atoms with Crippen molar-refractivity contribution in [2.75, 3.05) is 7.05 Å². The van der Waals surface area contributed by atoms with Crippen molar-refractivity contribution in [3.63, 3.8) is 0 Å². The second-order valence-corrected chi connectivity index (χ2v) is 14.1. The molecule has 0 bridgehead atoms. The van der Waals surface area contributed by atoms with Gasteiger partial charge in [-0.05, 0) is 98.8 Å². The van der Waals surface area contributed by atoms with Crippen LogP contribution in [0.5, 0.6) is 0 Å². The molecule has 34 heavy (non-hydrogen) atoms. The molecular weight excluding hydrogens is 418 g/mol. The van der Waals surface area contributed by atoms with Crippen LogP contribution in [0.4, 0.5) is 0 Å². The molecule has 196 valence electrons. The normalized spacial score (nSPS) is 48.6. The van der Waals surface area contributed by atoms with E-state index in [4.69, 9.17) is 0 Å². The average Bonchev–Trinajstić information content (AvgIpc) is 3.16. The Bertz CT molecular complexity index is 750. The van der Waals surface area contributed by atoms with Crippen molar-refractivity contribution in [3.05, 3.63) is 12.7 Å². The molecule has 0 spiro atoms. The molecule has 4 fully saturated rings. The first kappa shape index (κ1) is 26.7. The van der Waals surface area contributed by atoms with Crippen LogP contribution in [0.3, 0.4) is 0 Å². The van der Waals surface area contributed by atoms with E-state index in [0.29, 0.717) is 29.1 Å². The molecule has 3 heteroatoms. The quantitative estimate of drug-likeness (QED) is 0.266. The standard InChI is InChI=1S/C31H55NO2/c1-8-10-11-12-16-27(3,4)25-14-13-23-24-20-26(34)30(9-2)21-22(33)15-17-29(30,6)31(24,32-7)19-18-28(23,25)5/h9,22-26,32-34H,2,8,10-21H2,1,3-7H3/t22-,23-,24?,25+,26-,28-,29-,30+,31+/m0/s1. The molecule has 0 aliphatic heterocycles. The predicted octanol–water partition coefficient (Wildman–Crippen LogP) is 6.87. The summed E-state index contributed by atoms with van der Waals surface area (Å²) in [4.78, 5) is 0. The van der Waals surface area contributed by atoms with Crippen molar-refractivity contribution in [1.82, 2.24) is 5.32 Å². The Morgan fingerprint density at radius 2 is 1.74 bits per heavy atom. The number of aliphatic hydroxyl groups is 2. The van der Waals surface area contributed by atoms with Gasteiger partial charge >= 0.3 is 0 Å². The van der Waals surface area contributed by atoms with E-state index in [1.165, 1.54) is 57.8 Å². The van der Waals surface area contributed by atoms with Crippen LogP contribution in [-0.4, -0.2) is 35.0 Å². The topological polar surface area (TPSA) is 52.5 Å². The highest BCUT2D eigenvalue weighted by Gasteiger charge is 2.73. The Morgan fingerprint density at radius 1 is 1.00 bits per heavy atom. The van der Waals surface area contributed by atoms with Crippen molar-refractivity contribution >= 4 is 0 Å². The Hall–Kier alpha value is -0.380. The minimum absolute atomic E-state index is 0.00486. The van der Waals surface area contributed by atoms with Crippen LogP contribution in [0.2, 0.25) is 0 Å². The largest absolute Gasteiger partial charge is 0.393 e. The van der Waals surface area contributed by atoms with Crippen molar-refractivity contribution in [2.45, 2.75) is 136 Å². The van der Waals surface area contributed by atoms with Crippen molar-refractivity contribution < 1.29 is 10.2 Å². The van der Waals surface area contributed by atoms with E-state index in [9.17, 15) is 10.2 Å². The van der Waals surface area contributed by atoms with Crippen LogP contribution in [0.15, 0.2) is 12.7 Å². The molecule has 1 unspecified atom stereocenters. The van der Waals surface area contributed by atoms with Gasteiger partial charge in [-0.2, -0.15) is 0 Å². The molecule has 0 radical (unpaired) electrons. The SMILES string of the molecule is C=C[C@]12C[C@@H](O)CC[C@]1(C)[C@@]1(NC)CC[C@]3(C)[C@@H](C(C)(C)CCCCCC)CC[C@H]3C1C[C@@H]2O. The predicted molar refractivity (Wildman–Crippen MR) is 143 cm³/mol. The van der Waals surface area contributed by atoms with Crippen LogP contribution in [0.1, 0.15) is 118 Å². The molecule has 4 rings (SSSR count). The molecule has 0 saturated heterocycles. The summed E-state index contributed by atoms with van der Waals surface area (Å²) in [6.45, 7) is 16.7. The first-order valence-electron chi connectivity index (χ1n) is 14.7. The molecule has 3 nitrogen and oxygen atoms in total. The molecule has 9 atom stereocenters. The van der Waals surface area contributed by atoms with E-state index < -0.39 is 11.5 Å². The third kappa shape index (κ3) is 3.53. The van der Waals surface area contributed by atoms with Gasteiger partial charge in [-0.1, -0.05) is 66.4 Å². The molecule has 4 aliphatic carbocycles. The van der Waals surface area contributed by atoms with Gasteiger partial charge in [-0.15, -0.1) is 6.58 Å². The average molecular weight is 474 g/mol. The van der Waals surface area contributed by atoms with Gasteiger partial charge in [0, 0.05) is 11.0 Å². The second kappa shape index (κ2) is 9.18. The van der Waals surface area contributed by atoms with Gasteiger partial charge in [0.1, 0.15) is 0 Å². The van der Waals surface area contributed by atoms with Gasteiger partial charge < -0.3 is 15.5 Å². The zero-order valence-electron chi connectivity index (χ0n) is 23.3. The smallest absolute Gasteiger partial charge is 0.0641 e. The summed E-state index contributed by atoms with van der Waals surface area (Å²) in [5.74, 6) is 1.92. The highest BCUT2D eigenvalue weighted by molar-refractivity contribution is 5.28. The Balaban J connectivity index is 1.66. The number of nitrogens with one attached hydrogen (secondary N) is 1. The second-order valence-electron chi connectivity index (χ2n) is 14.1. The van der Waals surface area contributed by atoms with E-state index in [0.717, 1.165) is 25.2 Å². The molecule has 0 heterocycles. The lowest BCUT2D eigenvalue weighted by atomic mass is 9.35. The highest BCUT2D eigenvalue weighted by atomic mass is 16.3. The third-order valence-electron chi connectivity index (χ3n) is 12.6. The molecule has 0 aromatic heterocycles. The van der Waals surface area contributed by atoms with E-state index in [-0.39, 0.29) is 17.1 Å². The Kier molecular flexibility index (Phi) is 7.20. The zero-order chi connectivity index (χ0) is 25.0. The number of aliphatic hydroxyl groups excluding tert-OH is 2. The van der Waals surface area contributed by atoms with Gasteiger partial charge in [0.25, 0.3) is 0 Å². The summed E-state index contributed by atoms with van der Waals surface area (Å²) < 4.78 is 0. The van der Waals surface area contributed by atoms with Gasteiger partial charge in [0.05, 0.1) is 12.2 Å². The summed E-state index contributed by atoms with van der Waals surface area (Å²) in [5, 5.41) is 26.4. The zero-order valence-corrected chi connectivity index (χ0v) is 23.3. The number of rotatable bonds is 8. The molecule has 0 aromatic carbocycles. The fourth-order valence-electron chi connectivity index (χ4n) is 10.8. The van der Waals surface area contributed by atoms with Crippen LogP contribution in [-0.2, 0) is 0 Å². The minimum Gasteiger partial charge on any atom is -0.393 e. The summed E-state index contributed by atoms with van der Waals surface area (Å²) in [5.41, 5.74) is 0.248. The number of unbranched alkanes of at least 4 members (excludes halogenated alkanes) is 3. The number of hydrogen-bond donors (Lipinski definition) is 3. The van der Waals surface area contributed by atoms with Gasteiger partial charge in [0.15, 0.2) is 0 Å². The number of hydrogen-bond acceptors (Lipinski definition) is 3. The van der Waals surface area contributed by atoms with E-state index in [2.05, 4.69) is 53.6 Å². The van der Waals surface area contributed by atoms with Crippen molar-refractivity contribution in [3.8, 4) is 0 Å². The fourth-order valence-corrected chi connectivity index (χ4v) is 10.8. The summed E-state index contributed by atoms with van der Waals surface area (Å²) in [6.07, 6.45) is 16.5. The monoisotopic (exact) mass is 473 g/mol. The summed E-state index contributed by atoms with van der Waals surface area (Å²) >= 11 is 0. The first-order valence-corrected chi connectivity index (χ1v) is 14.7. The van der Waals surface area contributed by atoms with E-state index in [1.807, 2.05) is 6.08 Å². The van der Waals surface area contributed by atoms with Gasteiger partial charge in [-0.3, -0.25) is 0 Å². The molecule has 0 aromatic rings. The molecule has 4 saturated carbocycles. The maximum absolute atomic E-state index is 11.8. The van der Waals surface area contributed by atoms with Gasteiger partial charge in [-0.25, -0.2) is 0 Å². The lowest BCUT2D eigenvalue weighted by Gasteiger charge is -2.72. The Labute approximate surface area is 210 Å². The maximum Gasteiger partial charge on any atom is 0.0641 e. The molecular formula is C31H55NO2. The minimum atomic E-state index is -0.417. The van der Waals surface area contributed by atoms with Crippen molar-refractivity contribution in [2.24, 2.45) is 39.4 Å². The lowest BCUT2D eigenvalue weighted by Crippen LogP contribution is -2.76. The maximum atomic E-state index is 11.8. The van der Waals surface area contributed by atoms with Gasteiger partial charge in [0.2, 0.25) is 0 Å². The summed E-state index contributed by atoms with van der Waals surface area (Å²) in [7, 11) is 2.18. The van der Waals surface area contributed by atoms with Crippen LogP contribution in [0.25, 0.3) is 0 Å². The van der Waals surface area contributed by atoms with Crippen LogP contribution < -0.4 is 5.32 Å². The summed E-state index contributed by atoms with van der Waals surface area (Å²) in [6, 6.07) is 0. The lowest BCUT2D eigenvalue weighted by molar-refractivity contribution is -0.227. The van der Waals surface area contributed by atoms with E-state index in [1.54, 1.807) is 0 Å². The first-order chi connectivity index (χ1) is 16.0. The van der Waals surface area contributed by atoms with Crippen LogP contribution >= 0.6 is 0 Å². The fraction of sp³-hybridized carbons (Fsp3) is 0.935. The number of fused-ring (bicyclic) bond motifs is 5. The molecule has 0 amide bonds. The van der Waals surface area contributed by atoms with Crippen LogP contribution in [0, 0.1) is 39.4 Å². The Morgan fingerprint density at radius 3 is 2.38 bits per heavy atom. The van der Waals surface area contributed by atoms with E-state index >= 15 is 0 Å². The molecule has 4 aliphatic rings. The molecule has 3 N–H and O–H groups in total. The van der Waals surface area contributed by atoms with Crippen molar-refractivity contribution in [1.29, 1.82) is 0 Å². The highest BCUT2D eigenvalue weighted by Crippen LogP contribution is 2.73. The third-order valence-corrected chi connectivity index (χ3v) is 12.6.